The molecule has 14 N–H and O–H groups in total. The van der Waals surface area contributed by atoms with Crippen molar-refractivity contribution in [2.24, 2.45) is 47.2 Å². The number of aryl methyl sites for hydroxylation is 1. The number of amides is 8. The second-order valence-corrected chi connectivity index (χ2v) is 26.7. The lowest BCUT2D eigenvalue weighted by Gasteiger charge is -2.38. The van der Waals surface area contributed by atoms with Crippen LogP contribution in [0.5, 0.6) is 5.75 Å². The van der Waals surface area contributed by atoms with Crippen LogP contribution in [0.1, 0.15) is 305 Å². The number of carbonyl (C=O) groups is 12. The molecule has 132 heavy (non-hydrogen) atoms. The van der Waals surface area contributed by atoms with E-state index in [1.54, 1.807) is 136 Å². The Kier molecular flexibility index (Phi) is 95.0. The van der Waals surface area contributed by atoms with E-state index in [4.69, 9.17) is 32.1 Å². The third-order valence-corrected chi connectivity index (χ3v) is 15.4. The number of primary amides is 1. The van der Waals surface area contributed by atoms with Crippen molar-refractivity contribution < 1.29 is 121 Å². The molecule has 6 rings (SSSR count). The number of thiazole rings is 1. The van der Waals surface area contributed by atoms with Crippen LogP contribution < -0.4 is 37.0 Å². The van der Waals surface area contributed by atoms with Gasteiger partial charge in [-0.15, -0.1) is 0 Å². The van der Waals surface area contributed by atoms with Crippen LogP contribution in [0.15, 0.2) is 91.0 Å². The van der Waals surface area contributed by atoms with Gasteiger partial charge in [0.2, 0.25) is 43.2 Å². The molecule has 0 bridgehead atoms. The number of hydrogen-bond acceptors (Lipinski definition) is 25. The largest absolute Gasteiger partial charge is 0.481 e. The topological polar surface area (TPSA) is 498 Å². The fourth-order valence-electron chi connectivity index (χ4n) is 7.94. The van der Waals surface area contributed by atoms with Crippen molar-refractivity contribution in [3.63, 3.8) is 0 Å². The summed E-state index contributed by atoms with van der Waals surface area (Å²) in [6, 6.07) is 25.4. The molecule has 1 aliphatic heterocycles. The normalized spacial score (nSPS) is 13.0. The minimum absolute atomic E-state index is 0.000471. The van der Waals surface area contributed by atoms with Gasteiger partial charge >= 0.3 is 36.1 Å². The lowest BCUT2D eigenvalue weighted by Crippen LogP contribution is -2.58. The standard InChI is InChI=1S/C20H27NO10.C12H16N2O3.C12H15NO3.C11H16N2O3S.C11H15NO2.C8H16N2O3.12C2H6/c1-4-13(22)29-8-10-5-6-11(7-12(10)21-17(25)9(2)3)30-20-14(18(26)27)15(23)16(24)19(28)31-20;1-8(2)11(15)14-10-5-3-9(4-6-10)7-17-12(13)16;1-8(2)12(16)13-10-6-4-3-5-9(10)7-11(14)15;1-6(2)10(15)13-11-12-7(3)9(17-11)5-16-8(4)14;1-8(2)11(14)12-10-5-3-9(7-13)4-6-10;1-6(2)7(11)9(3)5-10(4)8(12)13;12*1-2/h5-7,9,14-16,19-20,23-24,28H,4,8H2,1-3H3,(H,21,25)(H,26,27);3-6,8H,7H2,1-2H3,(H2,13,16)(H,14,15);3-6,8H,7H2,1-2H3,(H,13,16)(H,14,15);6H,5H2,1-4H3,(H,12,13,15);3-6,8,13H,7H2,1-2H3,(H,12,14);6H,5H2,1-4H3,(H,12,13);12*1-2H3/i1D;;;4D;13D;;;;;;;;;;;;;/hD3. The van der Waals surface area contributed by atoms with Gasteiger partial charge in [-0.1, -0.05) is 310 Å². The maximum atomic E-state index is 12.2. The molecule has 5 unspecified atom stereocenters. The van der Waals surface area contributed by atoms with Gasteiger partial charge in [0, 0.05) is 94.4 Å². The van der Waals surface area contributed by atoms with Crippen LogP contribution in [0, 0.1) is 48.3 Å². The minimum atomic E-state index is -1.87. The van der Waals surface area contributed by atoms with Crippen molar-refractivity contribution in [2.75, 3.05) is 47.3 Å². The number of anilines is 5. The lowest BCUT2D eigenvalue weighted by molar-refractivity contribution is -0.306. The van der Waals surface area contributed by atoms with Gasteiger partial charge in [-0.05, 0) is 66.1 Å². The second kappa shape index (κ2) is 95.0. The summed E-state index contributed by atoms with van der Waals surface area (Å²) < 4.78 is 65.1. The van der Waals surface area contributed by atoms with E-state index < -0.39 is 73.7 Å². The Hall–Kier alpha value is -10.7. The van der Waals surface area contributed by atoms with Crippen molar-refractivity contribution in [1.29, 1.82) is 4.29 Å². The molecule has 764 valence electrons. The van der Waals surface area contributed by atoms with Gasteiger partial charge in [0.1, 0.15) is 43.7 Å². The van der Waals surface area contributed by atoms with Gasteiger partial charge in [0.15, 0.2) is 12.8 Å². The third-order valence-electron chi connectivity index (χ3n) is 14.4. The maximum Gasteiger partial charge on any atom is 0.408 e. The van der Waals surface area contributed by atoms with Crippen molar-refractivity contribution in [1.82, 2.24) is 14.8 Å². The number of carbonyl (C=O) groups excluding carboxylic acids is 9. The van der Waals surface area contributed by atoms with Crippen molar-refractivity contribution >= 4 is 111 Å². The zero-order valence-corrected chi connectivity index (χ0v) is 87.9. The summed E-state index contributed by atoms with van der Waals surface area (Å²) in [5.74, 6) is -6.49. The van der Waals surface area contributed by atoms with Gasteiger partial charge in [-0.2, -0.15) is 0 Å². The quantitative estimate of drug-likeness (QED) is 0.0132. The first kappa shape index (κ1) is 132. The van der Waals surface area contributed by atoms with Crippen LogP contribution >= 0.6 is 11.3 Å². The Morgan fingerprint density at radius 1 is 0.515 bits per heavy atom. The van der Waals surface area contributed by atoms with Crippen LogP contribution in [0.3, 0.4) is 0 Å². The predicted octanol–water partition coefficient (Wildman–Crippen LogP) is 20.9. The highest BCUT2D eigenvalue weighted by molar-refractivity contribution is 7.15. The molecule has 0 aliphatic carbocycles. The van der Waals surface area contributed by atoms with Crippen LogP contribution in [0.2, 0.25) is 1.41 Å². The van der Waals surface area contributed by atoms with E-state index in [2.05, 4.69) is 46.9 Å². The molecule has 33 nitrogen and oxygen atoms in total. The molecular formula is C98H177N9O24S. The van der Waals surface area contributed by atoms with Gasteiger partial charge in [0.05, 0.1) is 36.0 Å². The molecule has 8 amide bonds. The highest BCUT2D eigenvalue weighted by Gasteiger charge is 2.49. The Balaban J connectivity index is -0.000000134. The average molecular weight is 1900 g/mol. The Morgan fingerprint density at radius 2 is 0.962 bits per heavy atom. The van der Waals surface area contributed by atoms with E-state index in [-0.39, 0.29) is 135 Å². The second-order valence-electron chi connectivity index (χ2n) is 25.6. The highest BCUT2D eigenvalue weighted by Crippen LogP contribution is 2.32. The number of nitrogens with one attached hydrogen (secondary N) is 5. The van der Waals surface area contributed by atoms with Gasteiger partial charge in [0.25, 0.3) is 2.86 Å². The molecule has 1 aliphatic rings. The van der Waals surface area contributed by atoms with Crippen LogP contribution in [-0.4, -0.2) is 169 Å². The first-order valence-electron chi connectivity index (χ1n) is 48.8. The molecule has 1 fully saturated rings. The average Bonchev–Trinajstić information content (AvgIpc) is 1.13. The number of esters is 2. The number of hydrogen-bond donors (Lipinski definition) is 13. The summed E-state index contributed by atoms with van der Waals surface area (Å²) >= 11 is 1.28. The van der Waals surface area contributed by atoms with E-state index in [9.17, 15) is 78.0 Å². The Bertz CT molecular complexity index is 3910. The van der Waals surface area contributed by atoms with Crippen LogP contribution in [0.25, 0.3) is 2.86 Å². The first-order valence-corrected chi connectivity index (χ1v) is 46.5. The molecule has 5 atom stereocenters. The first-order chi connectivity index (χ1) is 65.6. The molecule has 4 aromatic carbocycles. The number of nitrogens with zero attached hydrogens (tertiary/aromatic N) is 3. The summed E-state index contributed by atoms with van der Waals surface area (Å²) in [5.41, 5.74) is 7.35. The number of aromatic nitrogens is 1. The van der Waals surface area contributed by atoms with Crippen molar-refractivity contribution in [3.05, 3.63) is 124 Å². The summed E-state index contributed by atoms with van der Waals surface area (Å²) in [7, 11) is 3.05. The summed E-state index contributed by atoms with van der Waals surface area (Å²) in [4.78, 5) is 143. The molecule has 0 spiro atoms. The van der Waals surface area contributed by atoms with Gasteiger partial charge in [-0.25, -0.2) is 14.6 Å². The third kappa shape index (κ3) is 72.0. The number of rotatable bonds is 27. The SMILES string of the molecule is CC.CC.CC.CC.CC.CC.CC.CC.CC.CC.CC.CC.[2H]CC(=O)OCc1sc(NC(=O)C(C)C)nc1C.[2H]CCC(=O)OCc1ccc(OC2OC(O)C(O)C(O)C2C(=O)O)cc1NC(=O)C(C)C.[2H]NC(=O)OCc1ccc(NC(=O)C(C)C)cc1.[2H]OC(=O)Cc1ccccc1NC(=O)C(C)C.[2H]OC(=O)N(C)CN(C)C(=O)C(C)C.[2H]OCc1ccc(NC(=O)C(C)C)cc1. The summed E-state index contributed by atoms with van der Waals surface area (Å²) in [5, 5.41) is 64.8. The van der Waals surface area contributed by atoms with Crippen LogP contribution in [0.4, 0.5) is 37.5 Å². The molecule has 5 aromatic rings. The molecule has 34 heteroatoms. The smallest absolute Gasteiger partial charge is 0.408 e. The van der Waals surface area contributed by atoms with Crippen LogP contribution in [-0.2, 0) is 99.7 Å². The van der Waals surface area contributed by atoms with Crippen molar-refractivity contribution in [3.8, 4) is 5.75 Å². The number of benzene rings is 4. The number of nitrogens with two attached hydrogens (primary N) is 1. The Morgan fingerprint density at radius 3 is 1.38 bits per heavy atom. The number of para-hydroxylation sites is 1. The number of aliphatic carboxylic acids is 2. The molecular weight excluding hydrogens is 1720 g/mol. The molecule has 1 saturated heterocycles. The minimum Gasteiger partial charge on any atom is -0.481 e. The molecule has 0 saturated carbocycles. The molecule has 0 radical (unpaired) electrons. The fraction of sp³-hybridized carbons (Fsp3) is 0.602. The molecule has 1 aromatic heterocycles. The highest BCUT2D eigenvalue weighted by atomic mass is 32.1. The summed E-state index contributed by atoms with van der Waals surface area (Å²) in [6.07, 6.45) is -8.90. The van der Waals surface area contributed by atoms with Gasteiger partial charge in [-0.3, -0.25) is 52.8 Å². The number of aliphatic hydroxyl groups is 4. The lowest BCUT2D eigenvalue weighted by atomic mass is 9.94. The zero-order valence-electron chi connectivity index (χ0n) is 93.1. The zero-order chi connectivity index (χ0) is 111. The van der Waals surface area contributed by atoms with E-state index in [0.717, 1.165) is 32.3 Å². The van der Waals surface area contributed by atoms with Gasteiger partial charge < -0.3 is 96.6 Å². The summed E-state index contributed by atoms with van der Waals surface area (Å²) in [6.45, 7) is 71.0. The predicted molar refractivity (Wildman–Crippen MR) is 536 cm³/mol. The van der Waals surface area contributed by atoms with E-state index in [1.807, 2.05) is 206 Å². The maximum absolute atomic E-state index is 12.2. The van der Waals surface area contributed by atoms with E-state index in [1.165, 1.54) is 41.5 Å². The molecule has 2 heterocycles. The number of ether oxygens (including phenoxy) is 5. The Labute approximate surface area is 805 Å². The van der Waals surface area contributed by atoms with E-state index >= 15 is 0 Å². The van der Waals surface area contributed by atoms with Crippen molar-refractivity contribution in [2.45, 2.75) is 334 Å². The van der Waals surface area contributed by atoms with E-state index in [0.29, 0.717) is 27.6 Å². The monoisotopic (exact) mass is 1900 g/mol. The fourth-order valence-corrected chi connectivity index (χ4v) is 8.82. The number of aliphatic hydroxyl groups excluding tert-OH is 4. The number of carboxylic acids is 2. The number of carboxylic acid groups (broad SMARTS) is 3.